The zero-order valence-corrected chi connectivity index (χ0v) is 20.4. The van der Waals surface area contributed by atoms with Crippen LogP contribution in [-0.2, 0) is 0 Å². The molecule has 24 N–H and O–H groups in total. The van der Waals surface area contributed by atoms with Crippen LogP contribution >= 0.6 is 0 Å². The maximum atomic E-state index is 0. The minimum atomic E-state index is 0. The van der Waals surface area contributed by atoms with Gasteiger partial charge in [-0.1, -0.05) is 0 Å². The Bertz CT molecular complexity index is 27.1. The normalized spacial score (nSPS) is 0. The summed E-state index contributed by atoms with van der Waals surface area (Å²) < 4.78 is 0. The van der Waals surface area contributed by atoms with Crippen molar-refractivity contribution in [3.05, 3.63) is 0 Å². The van der Waals surface area contributed by atoms with Crippen LogP contribution in [0.2, 0.25) is 0 Å². The van der Waals surface area contributed by atoms with Gasteiger partial charge in [0.05, 0.1) is 0 Å². The van der Waals surface area contributed by atoms with E-state index in [2.05, 4.69) is 0 Å². The van der Waals surface area contributed by atoms with Crippen LogP contribution in [0.25, 0.3) is 0 Å². The molecule has 0 amide bonds. The van der Waals surface area contributed by atoms with Gasteiger partial charge in [-0.3, -0.25) is 0 Å². The molecule has 0 atom stereocenters. The summed E-state index contributed by atoms with van der Waals surface area (Å²) in [5.41, 5.74) is 0. The Morgan fingerprint density at radius 1 is 0.150 bits per heavy atom. The maximum absolute atomic E-state index is 0. The van der Waals surface area contributed by atoms with E-state index in [4.69, 9.17) is 0 Å². The zero-order valence-electron chi connectivity index (χ0n) is 9.66. The Balaban J connectivity index is 0. The van der Waals surface area contributed by atoms with Gasteiger partial charge in [-0.25, -0.2) is 0 Å². The van der Waals surface area contributed by atoms with Gasteiger partial charge in [0.1, 0.15) is 0 Å². The van der Waals surface area contributed by atoms with Crippen molar-refractivity contribution in [2.45, 2.75) is 0 Å². The molecule has 0 aromatic rings. The van der Waals surface area contributed by atoms with Crippen LogP contribution in [0, 0.1) is 111 Å². The van der Waals surface area contributed by atoms with Gasteiger partial charge in [-0.15, -0.1) is 0 Å². The van der Waals surface area contributed by atoms with Gasteiger partial charge in [0.25, 0.3) is 0 Å². The summed E-state index contributed by atoms with van der Waals surface area (Å²) in [6.45, 7) is 0. The quantitative estimate of drug-likeness (QED) is 0.205. The summed E-state index contributed by atoms with van der Waals surface area (Å²) in [6, 6.07) is 0. The fraction of sp³-hybridized carbons (Fsp3) is 0. The maximum Gasteiger partial charge on any atom is 0 e. The second-order valence-corrected chi connectivity index (χ2v) is 0. The van der Waals surface area contributed by atoms with Crippen LogP contribution in [-0.4, -0.2) is 153 Å². The summed E-state index contributed by atoms with van der Waals surface area (Å²) in [6.07, 6.45) is 0. The molecule has 0 saturated carbocycles. The van der Waals surface area contributed by atoms with Gasteiger partial charge in [-0.2, -0.15) is 0 Å². The summed E-state index contributed by atoms with van der Waals surface area (Å²) in [4.78, 5) is 0. The summed E-state index contributed by atoms with van der Waals surface area (Å²) in [7, 11) is 0. The molecule has 0 aliphatic carbocycles. The molecule has 0 spiro atoms. The van der Waals surface area contributed by atoms with E-state index >= 15 is 0 Å². The van der Waals surface area contributed by atoms with E-state index in [1.54, 1.807) is 0 Å². The summed E-state index contributed by atoms with van der Waals surface area (Å²) >= 11 is 0. The largest absolute Gasteiger partial charge is 0.412 e. The molecule has 20 heavy (non-hydrogen) atoms. The molecule has 0 aromatic carbocycles. The van der Waals surface area contributed by atoms with Crippen LogP contribution in [0.1, 0.15) is 0 Å². The van der Waals surface area contributed by atoms with Crippen molar-refractivity contribution >= 4 is 86.8 Å². The molecular weight excluding hydrogens is 852 g/mol. The summed E-state index contributed by atoms with van der Waals surface area (Å²) in [5, 5.41) is 0. The van der Waals surface area contributed by atoms with Gasteiger partial charge in [-0.05, 0) is 0 Å². The van der Waals surface area contributed by atoms with Gasteiger partial charge in [0.2, 0.25) is 0 Å². The Labute approximate surface area is 257 Å². The van der Waals surface area contributed by atoms with E-state index in [0.717, 1.165) is 0 Å². The molecule has 0 aliphatic heterocycles. The van der Waals surface area contributed by atoms with Crippen molar-refractivity contribution in [3.8, 4) is 0 Å². The first-order valence-corrected chi connectivity index (χ1v) is 0. The minimum absolute atomic E-state index is 0. The molecule has 0 aliphatic rings. The number of hydrogen-bond acceptors (Lipinski definition) is 0. The fourth-order valence-electron chi connectivity index (χ4n) is 0. The molecule has 0 rings (SSSR count). The van der Waals surface area contributed by atoms with Crippen LogP contribution in [0.15, 0.2) is 0 Å². The van der Waals surface area contributed by atoms with Crippen LogP contribution in [0.4, 0.5) is 0 Å². The minimum Gasteiger partial charge on any atom is -0.412 e. The predicted octanol–water partition coefficient (Wildman–Crippen LogP) is -11.8. The second-order valence-electron chi connectivity index (χ2n) is 0. The van der Waals surface area contributed by atoms with Crippen molar-refractivity contribution < 1.29 is 176 Å². The van der Waals surface area contributed by atoms with Gasteiger partial charge in [0.15, 0.2) is 0 Å². The SMILES string of the molecule is O.O.O.O.O.O.O.O.O.O.O.O.[Al].[Al].[Al].[Al].[Al].[Lu].[Lu].[Lu]. The third kappa shape index (κ3) is 361. The van der Waals surface area contributed by atoms with Crippen molar-refractivity contribution in [1.82, 2.24) is 0 Å². The van der Waals surface area contributed by atoms with Crippen molar-refractivity contribution in [2.75, 3.05) is 0 Å². The Kier molecular flexibility index (Phi) is 9490. The summed E-state index contributed by atoms with van der Waals surface area (Å²) in [5.74, 6) is 0. The van der Waals surface area contributed by atoms with E-state index in [1.165, 1.54) is 0 Å². The second kappa shape index (κ2) is 410. The van der Waals surface area contributed by atoms with E-state index in [0.29, 0.717) is 0 Å². The van der Waals surface area contributed by atoms with Crippen LogP contribution in [0.3, 0.4) is 0 Å². The topological polar surface area (TPSA) is 378 Å². The van der Waals surface area contributed by atoms with E-state index in [1.807, 2.05) is 0 Å². The molecule has 18 radical (unpaired) electrons. The van der Waals surface area contributed by atoms with Gasteiger partial charge < -0.3 is 65.7 Å². The van der Waals surface area contributed by atoms with Gasteiger partial charge in [0, 0.05) is 197 Å². The molecule has 0 aromatic heterocycles. The standard InChI is InChI=1S/5Al.3Lu.12H2O/h;;;;;;;;12*1H2. The monoisotopic (exact) mass is 876 g/mol. The average Bonchev–Trinajstić information content (AvgIpc) is 0. The molecule has 20 heteroatoms. The third-order valence-corrected chi connectivity index (χ3v) is 0. The first-order chi connectivity index (χ1) is 0. The smallest absolute Gasteiger partial charge is 0 e. The molecule has 0 bridgehead atoms. The molecule has 0 fully saturated rings. The van der Waals surface area contributed by atoms with E-state index in [9.17, 15) is 0 Å². The molecule has 0 heterocycles. The molecule has 156 valence electrons. The Morgan fingerprint density at radius 3 is 0.150 bits per heavy atom. The van der Waals surface area contributed by atoms with Crippen molar-refractivity contribution in [2.24, 2.45) is 0 Å². The third-order valence-electron chi connectivity index (χ3n) is 0. The molecule has 0 unspecified atom stereocenters. The molecule has 12 nitrogen and oxygen atoms in total. The van der Waals surface area contributed by atoms with Gasteiger partial charge >= 0.3 is 0 Å². The molecular formula is H24Al5Lu3O12. The number of rotatable bonds is 0. The predicted molar refractivity (Wildman–Crippen MR) is 72.1 cm³/mol. The average molecular weight is 876 g/mol. The first-order valence-electron chi connectivity index (χ1n) is 0. The van der Waals surface area contributed by atoms with Crippen molar-refractivity contribution in [1.29, 1.82) is 0 Å². The zero-order chi connectivity index (χ0) is 0. The van der Waals surface area contributed by atoms with Crippen LogP contribution < -0.4 is 0 Å². The van der Waals surface area contributed by atoms with Crippen LogP contribution in [0.5, 0.6) is 0 Å². The number of hydrogen-bond donors (Lipinski definition) is 0. The first kappa shape index (κ1) is 463. The Hall–Kier alpha value is 5.88. The molecule has 0 saturated heterocycles. The van der Waals surface area contributed by atoms with E-state index < -0.39 is 0 Å². The van der Waals surface area contributed by atoms with E-state index in [-0.39, 0.29) is 263 Å². The van der Waals surface area contributed by atoms with Crippen molar-refractivity contribution in [3.63, 3.8) is 0 Å². The fourth-order valence-corrected chi connectivity index (χ4v) is 0. The Morgan fingerprint density at radius 2 is 0.150 bits per heavy atom.